The number of alkyl halides is 3. The summed E-state index contributed by atoms with van der Waals surface area (Å²) < 4.78 is 41.2. The normalized spacial score (nSPS) is 20.2. The van der Waals surface area contributed by atoms with Gasteiger partial charge in [0.25, 0.3) is 0 Å². The van der Waals surface area contributed by atoms with E-state index in [9.17, 15) is 18.0 Å². The lowest BCUT2D eigenvalue weighted by Crippen LogP contribution is -2.46. The van der Waals surface area contributed by atoms with E-state index in [1.54, 1.807) is 11.3 Å². The fraction of sp³-hybridized carbons (Fsp3) is 0.640. The topological polar surface area (TPSA) is 104 Å². The van der Waals surface area contributed by atoms with Crippen molar-refractivity contribution in [2.24, 2.45) is 0 Å². The molecule has 0 bridgehead atoms. The van der Waals surface area contributed by atoms with E-state index in [1.807, 2.05) is 4.90 Å². The lowest BCUT2D eigenvalue weighted by molar-refractivity contribution is -0.147. The van der Waals surface area contributed by atoms with Crippen molar-refractivity contribution in [1.29, 1.82) is 0 Å². The number of carbonyl (C=O) groups excluding carboxylic acids is 1. The molecular weight excluding hydrogens is 531 g/mol. The van der Waals surface area contributed by atoms with Gasteiger partial charge in [-0.15, -0.1) is 21.5 Å². The van der Waals surface area contributed by atoms with Crippen molar-refractivity contribution >= 4 is 39.4 Å². The summed E-state index contributed by atoms with van der Waals surface area (Å²) >= 11 is 1.63. The van der Waals surface area contributed by atoms with Crippen LogP contribution in [0.2, 0.25) is 0 Å². The van der Waals surface area contributed by atoms with Crippen molar-refractivity contribution < 1.29 is 18.0 Å². The summed E-state index contributed by atoms with van der Waals surface area (Å²) in [4.78, 5) is 28.4. The van der Waals surface area contributed by atoms with E-state index in [4.69, 9.17) is 9.97 Å². The Morgan fingerprint density at radius 3 is 2.62 bits per heavy atom. The molecule has 1 saturated heterocycles. The SMILES string of the molecule is CCCc1cc2c(N3CCn4c(nnc4C(F)(F)F)C3)nc(N3CC[C@H](NC(=O)NC4CCCC4)C3)nc2s1. The van der Waals surface area contributed by atoms with Gasteiger partial charge >= 0.3 is 12.2 Å². The first-order valence-electron chi connectivity index (χ1n) is 13.6. The Labute approximate surface area is 228 Å². The molecule has 3 aromatic rings. The largest absolute Gasteiger partial charge is 0.451 e. The van der Waals surface area contributed by atoms with Gasteiger partial charge in [0.2, 0.25) is 11.8 Å². The molecule has 2 fully saturated rings. The minimum Gasteiger partial charge on any atom is -0.347 e. The predicted molar refractivity (Wildman–Crippen MR) is 142 cm³/mol. The molecule has 0 aromatic carbocycles. The van der Waals surface area contributed by atoms with Crippen molar-refractivity contribution in [2.45, 2.75) is 83.2 Å². The fourth-order valence-electron chi connectivity index (χ4n) is 5.79. The second-order valence-electron chi connectivity index (χ2n) is 10.6. The predicted octanol–water partition coefficient (Wildman–Crippen LogP) is 4.09. The van der Waals surface area contributed by atoms with E-state index in [1.165, 1.54) is 4.88 Å². The van der Waals surface area contributed by atoms with Crippen LogP contribution in [-0.2, 0) is 25.7 Å². The first-order valence-corrected chi connectivity index (χ1v) is 14.5. The van der Waals surface area contributed by atoms with Crippen LogP contribution in [0.3, 0.4) is 0 Å². The van der Waals surface area contributed by atoms with Crippen LogP contribution in [0, 0.1) is 0 Å². The Morgan fingerprint density at radius 1 is 1.05 bits per heavy atom. The summed E-state index contributed by atoms with van der Waals surface area (Å²) in [6.45, 7) is 4.08. The van der Waals surface area contributed by atoms with Gasteiger partial charge in [0.05, 0.1) is 11.9 Å². The molecule has 0 unspecified atom stereocenters. The molecule has 10 nitrogen and oxygen atoms in total. The van der Waals surface area contributed by atoms with E-state index in [-0.39, 0.29) is 37.0 Å². The van der Waals surface area contributed by atoms with E-state index in [0.29, 0.717) is 31.4 Å². The van der Waals surface area contributed by atoms with Gasteiger partial charge in [0.1, 0.15) is 10.6 Å². The quantitative estimate of drug-likeness (QED) is 0.466. The zero-order valence-corrected chi connectivity index (χ0v) is 22.6. The Morgan fingerprint density at radius 2 is 1.85 bits per heavy atom. The number of nitrogens with zero attached hydrogens (tertiary/aromatic N) is 7. The summed E-state index contributed by atoms with van der Waals surface area (Å²) in [5.41, 5.74) is 0. The highest BCUT2D eigenvalue weighted by Gasteiger charge is 2.40. The van der Waals surface area contributed by atoms with Crippen LogP contribution >= 0.6 is 11.3 Å². The number of hydrogen-bond acceptors (Lipinski definition) is 8. The third-order valence-electron chi connectivity index (χ3n) is 7.71. The van der Waals surface area contributed by atoms with Crippen molar-refractivity contribution in [3.05, 3.63) is 22.6 Å². The highest BCUT2D eigenvalue weighted by Crippen LogP contribution is 2.36. The first-order chi connectivity index (χ1) is 18.8. The number of carbonyl (C=O) groups is 1. The number of rotatable bonds is 6. The molecule has 2 N–H and O–H groups in total. The number of urea groups is 1. The van der Waals surface area contributed by atoms with E-state index < -0.39 is 12.0 Å². The molecule has 0 spiro atoms. The van der Waals surface area contributed by atoms with Crippen molar-refractivity contribution in [3.63, 3.8) is 0 Å². The number of halogens is 3. The Balaban J connectivity index is 1.24. The Bertz CT molecular complexity index is 1350. The highest BCUT2D eigenvalue weighted by molar-refractivity contribution is 7.18. The zero-order chi connectivity index (χ0) is 27.1. The smallest absolute Gasteiger partial charge is 0.347 e. The van der Waals surface area contributed by atoms with E-state index in [0.717, 1.165) is 59.7 Å². The number of fused-ring (bicyclic) bond motifs is 2. The average Bonchev–Trinajstić information content (AvgIpc) is 3.69. The second-order valence-corrected chi connectivity index (χ2v) is 11.7. The van der Waals surface area contributed by atoms with Gasteiger partial charge in [0.15, 0.2) is 5.82 Å². The summed E-state index contributed by atoms with van der Waals surface area (Å²) in [7, 11) is 0. The molecule has 3 aliphatic rings. The lowest BCUT2D eigenvalue weighted by Gasteiger charge is -2.30. The minimum absolute atomic E-state index is 0.0116. The maximum absolute atomic E-state index is 13.4. The second kappa shape index (κ2) is 10.4. The number of nitrogens with one attached hydrogen (secondary N) is 2. The van der Waals surface area contributed by atoms with Gasteiger partial charge in [-0.2, -0.15) is 18.2 Å². The standard InChI is InChI=1S/C25H32F3N9OS/c1-2-5-17-12-18-20(35-10-11-37-19(14-35)33-34-22(37)25(26,27)28)31-23(32-21(18)39-17)36-9-8-16(13-36)30-24(38)29-15-6-3-4-7-15/h12,15-16H,2-11,13-14H2,1H3,(H2,29,30,38)/t16-/m0/s1. The number of aryl methyl sites for hydroxylation is 1. The molecule has 1 saturated carbocycles. The van der Waals surface area contributed by atoms with Gasteiger partial charge in [0, 0.05) is 43.1 Å². The van der Waals surface area contributed by atoms with Crippen molar-refractivity contribution in [2.75, 3.05) is 29.4 Å². The minimum atomic E-state index is -4.54. The van der Waals surface area contributed by atoms with Gasteiger partial charge in [-0.05, 0) is 31.7 Å². The third-order valence-corrected chi connectivity index (χ3v) is 8.80. The Hall–Kier alpha value is -3.16. The maximum Gasteiger partial charge on any atom is 0.451 e. The molecule has 3 aromatic heterocycles. The van der Waals surface area contributed by atoms with Crippen molar-refractivity contribution in [3.8, 4) is 0 Å². The number of anilines is 2. The summed E-state index contributed by atoms with van der Waals surface area (Å²) in [6, 6.07) is 2.23. The van der Waals surface area contributed by atoms with Gasteiger partial charge in [-0.1, -0.05) is 26.2 Å². The molecule has 14 heteroatoms. The number of hydrogen-bond donors (Lipinski definition) is 2. The summed E-state index contributed by atoms with van der Waals surface area (Å²) in [5.74, 6) is 0.585. The molecule has 1 atom stereocenters. The van der Waals surface area contributed by atoms with Crippen molar-refractivity contribution in [1.82, 2.24) is 35.4 Å². The molecule has 39 heavy (non-hydrogen) atoms. The van der Waals surface area contributed by atoms with Crippen LogP contribution in [0.25, 0.3) is 10.2 Å². The molecule has 0 radical (unpaired) electrons. The monoisotopic (exact) mass is 563 g/mol. The van der Waals surface area contributed by atoms with Crippen LogP contribution in [0.15, 0.2) is 6.07 Å². The molecule has 1 aliphatic carbocycles. The van der Waals surface area contributed by atoms with Crippen LogP contribution in [0.4, 0.5) is 29.7 Å². The fourth-order valence-corrected chi connectivity index (χ4v) is 6.91. The molecule has 2 aliphatic heterocycles. The van der Waals surface area contributed by atoms with Gasteiger partial charge in [-0.3, -0.25) is 0 Å². The molecule has 2 amide bonds. The maximum atomic E-state index is 13.4. The zero-order valence-electron chi connectivity index (χ0n) is 21.8. The summed E-state index contributed by atoms with van der Waals surface area (Å²) in [6.07, 6.45) is 2.55. The van der Waals surface area contributed by atoms with Crippen LogP contribution in [0.1, 0.15) is 62.0 Å². The number of thiophene rings is 1. The lowest BCUT2D eigenvalue weighted by atomic mass is 10.2. The Kier molecular flexibility index (Phi) is 6.98. The van der Waals surface area contributed by atoms with Crippen LogP contribution in [-0.4, -0.2) is 62.5 Å². The van der Waals surface area contributed by atoms with E-state index in [2.05, 4.69) is 38.7 Å². The van der Waals surface area contributed by atoms with Gasteiger partial charge in [-0.25, -0.2) is 9.78 Å². The van der Waals surface area contributed by atoms with Crippen LogP contribution < -0.4 is 20.4 Å². The van der Waals surface area contributed by atoms with E-state index >= 15 is 0 Å². The highest BCUT2D eigenvalue weighted by atomic mass is 32.1. The molecule has 5 heterocycles. The number of aromatic nitrogens is 5. The van der Waals surface area contributed by atoms with Gasteiger partial charge < -0.3 is 25.0 Å². The molecule has 6 rings (SSSR count). The van der Waals surface area contributed by atoms with Crippen LogP contribution in [0.5, 0.6) is 0 Å². The molecular formula is C25H32F3N9OS. The number of amides is 2. The first kappa shape index (κ1) is 26.1. The summed E-state index contributed by atoms with van der Waals surface area (Å²) in [5, 5.41) is 14.3. The average molecular weight is 564 g/mol. The third kappa shape index (κ3) is 5.35. The molecule has 210 valence electrons.